The summed E-state index contributed by atoms with van der Waals surface area (Å²) in [6.07, 6.45) is 0. The minimum Gasteiger partial charge on any atom is -0.373 e. The number of nitrogens with zero attached hydrogens (tertiary/aromatic N) is 2. The van der Waals surface area contributed by atoms with Crippen LogP contribution in [0.5, 0.6) is 0 Å². The summed E-state index contributed by atoms with van der Waals surface area (Å²) in [5.74, 6) is 2.82. The molecule has 1 aromatic heterocycles. The zero-order valence-electron chi connectivity index (χ0n) is 11.9. The van der Waals surface area contributed by atoms with Gasteiger partial charge in [0.1, 0.15) is 17.5 Å². The Hall–Kier alpha value is -1.62. The molecule has 0 saturated carbocycles. The largest absolute Gasteiger partial charge is 0.373 e. The number of benzene rings is 1. The maximum absolute atomic E-state index is 4.54. The van der Waals surface area contributed by atoms with Gasteiger partial charge in [0.15, 0.2) is 0 Å². The van der Waals surface area contributed by atoms with E-state index in [2.05, 4.69) is 62.5 Å². The van der Waals surface area contributed by atoms with E-state index in [0.29, 0.717) is 5.92 Å². The Labute approximate surface area is 128 Å². The van der Waals surface area contributed by atoms with Crippen LogP contribution in [0.2, 0.25) is 0 Å². The van der Waals surface area contributed by atoms with Crippen LogP contribution in [0.3, 0.4) is 0 Å². The van der Waals surface area contributed by atoms with Crippen molar-refractivity contribution in [3.05, 3.63) is 46.2 Å². The van der Waals surface area contributed by atoms with Crippen molar-refractivity contribution in [2.24, 2.45) is 0 Å². The SMILES string of the molecule is CNc1cc(NCc2ccc(Br)cc2)nc(C(C)C)n1. The highest BCUT2D eigenvalue weighted by molar-refractivity contribution is 9.10. The maximum Gasteiger partial charge on any atom is 0.135 e. The molecule has 2 rings (SSSR count). The van der Waals surface area contributed by atoms with Crippen LogP contribution < -0.4 is 10.6 Å². The summed E-state index contributed by atoms with van der Waals surface area (Å²) < 4.78 is 1.09. The van der Waals surface area contributed by atoms with Crippen molar-refractivity contribution >= 4 is 27.6 Å². The maximum atomic E-state index is 4.54. The van der Waals surface area contributed by atoms with E-state index in [0.717, 1.165) is 28.5 Å². The molecule has 5 heteroatoms. The molecule has 0 bridgehead atoms. The van der Waals surface area contributed by atoms with Crippen LogP contribution in [0.15, 0.2) is 34.8 Å². The van der Waals surface area contributed by atoms with E-state index >= 15 is 0 Å². The lowest BCUT2D eigenvalue weighted by Crippen LogP contribution is -2.07. The summed E-state index contributed by atoms with van der Waals surface area (Å²) in [5.41, 5.74) is 1.21. The minimum absolute atomic E-state index is 0.302. The fourth-order valence-corrected chi connectivity index (χ4v) is 2.00. The van der Waals surface area contributed by atoms with Gasteiger partial charge in [-0.15, -0.1) is 0 Å². The Morgan fingerprint density at radius 2 is 1.75 bits per heavy atom. The predicted octanol–water partition coefficient (Wildman–Crippen LogP) is 4.02. The van der Waals surface area contributed by atoms with Crippen LogP contribution in [-0.4, -0.2) is 17.0 Å². The Morgan fingerprint density at radius 3 is 2.35 bits per heavy atom. The van der Waals surface area contributed by atoms with Crippen LogP contribution in [0.4, 0.5) is 11.6 Å². The van der Waals surface area contributed by atoms with Crippen molar-refractivity contribution in [2.45, 2.75) is 26.3 Å². The predicted molar refractivity (Wildman–Crippen MR) is 87.1 cm³/mol. The van der Waals surface area contributed by atoms with Gasteiger partial charge in [-0.1, -0.05) is 41.9 Å². The first-order valence-corrected chi connectivity index (χ1v) is 7.43. The van der Waals surface area contributed by atoms with Gasteiger partial charge in [0.2, 0.25) is 0 Å². The standard InChI is InChI=1S/C15H19BrN4/c1-10(2)15-19-13(17-3)8-14(20-15)18-9-11-4-6-12(16)7-5-11/h4-8,10H,9H2,1-3H3,(H2,17,18,19,20). The van der Waals surface area contributed by atoms with Gasteiger partial charge < -0.3 is 10.6 Å². The molecule has 0 atom stereocenters. The molecule has 0 radical (unpaired) electrons. The second-order valence-electron chi connectivity index (χ2n) is 4.88. The van der Waals surface area contributed by atoms with E-state index in [1.54, 1.807) is 0 Å². The van der Waals surface area contributed by atoms with Gasteiger partial charge in [-0.25, -0.2) is 9.97 Å². The molecule has 2 N–H and O–H groups in total. The normalized spacial score (nSPS) is 10.7. The molecule has 106 valence electrons. The van der Waals surface area contributed by atoms with E-state index in [-0.39, 0.29) is 0 Å². The molecule has 0 spiro atoms. The minimum atomic E-state index is 0.302. The second-order valence-corrected chi connectivity index (χ2v) is 5.80. The number of anilines is 2. The summed E-state index contributed by atoms with van der Waals surface area (Å²) in [6, 6.07) is 10.2. The van der Waals surface area contributed by atoms with Crippen LogP contribution in [-0.2, 0) is 6.54 Å². The van der Waals surface area contributed by atoms with Crippen molar-refractivity contribution in [1.82, 2.24) is 9.97 Å². The average molecular weight is 335 g/mol. The Balaban J connectivity index is 2.12. The van der Waals surface area contributed by atoms with Gasteiger partial charge in [0.05, 0.1) is 0 Å². The number of nitrogens with one attached hydrogen (secondary N) is 2. The van der Waals surface area contributed by atoms with Gasteiger partial charge >= 0.3 is 0 Å². The lowest BCUT2D eigenvalue weighted by atomic mass is 10.2. The lowest BCUT2D eigenvalue weighted by molar-refractivity contribution is 0.776. The van der Waals surface area contributed by atoms with E-state index in [9.17, 15) is 0 Å². The van der Waals surface area contributed by atoms with Gasteiger partial charge in [0, 0.05) is 30.0 Å². The van der Waals surface area contributed by atoms with Gasteiger partial charge in [0.25, 0.3) is 0 Å². The van der Waals surface area contributed by atoms with E-state index in [1.165, 1.54) is 5.56 Å². The zero-order chi connectivity index (χ0) is 14.5. The van der Waals surface area contributed by atoms with Gasteiger partial charge in [-0.3, -0.25) is 0 Å². The fraction of sp³-hybridized carbons (Fsp3) is 0.333. The molecule has 0 aliphatic carbocycles. The van der Waals surface area contributed by atoms with E-state index in [1.807, 2.05) is 25.2 Å². The van der Waals surface area contributed by atoms with Crippen LogP contribution >= 0.6 is 15.9 Å². The van der Waals surface area contributed by atoms with E-state index < -0.39 is 0 Å². The van der Waals surface area contributed by atoms with Crippen molar-refractivity contribution in [3.8, 4) is 0 Å². The molecular weight excluding hydrogens is 316 g/mol. The quantitative estimate of drug-likeness (QED) is 0.867. The molecule has 0 fully saturated rings. The number of hydrogen-bond acceptors (Lipinski definition) is 4. The zero-order valence-corrected chi connectivity index (χ0v) is 13.5. The second kappa shape index (κ2) is 6.70. The molecule has 0 unspecified atom stereocenters. The molecular formula is C15H19BrN4. The summed E-state index contributed by atoms with van der Waals surface area (Å²) in [5, 5.41) is 6.41. The van der Waals surface area contributed by atoms with Crippen molar-refractivity contribution < 1.29 is 0 Å². The van der Waals surface area contributed by atoms with Crippen molar-refractivity contribution in [1.29, 1.82) is 0 Å². The monoisotopic (exact) mass is 334 g/mol. The molecule has 4 nitrogen and oxygen atoms in total. The third-order valence-electron chi connectivity index (χ3n) is 2.90. The van der Waals surface area contributed by atoms with Crippen molar-refractivity contribution in [3.63, 3.8) is 0 Å². The number of halogens is 1. The molecule has 0 saturated heterocycles. The summed E-state index contributed by atoms with van der Waals surface area (Å²) in [6.45, 7) is 4.92. The first-order valence-electron chi connectivity index (χ1n) is 6.63. The first-order chi connectivity index (χ1) is 9.58. The molecule has 20 heavy (non-hydrogen) atoms. The first kappa shape index (κ1) is 14.8. The molecule has 0 amide bonds. The average Bonchev–Trinajstić information content (AvgIpc) is 2.46. The van der Waals surface area contributed by atoms with Crippen LogP contribution in [0.1, 0.15) is 31.2 Å². The highest BCUT2D eigenvalue weighted by Crippen LogP contribution is 2.17. The Kier molecular flexibility index (Phi) is 4.95. The van der Waals surface area contributed by atoms with Gasteiger partial charge in [-0.05, 0) is 17.7 Å². The molecule has 0 aliphatic heterocycles. The highest BCUT2D eigenvalue weighted by atomic mass is 79.9. The molecule has 0 aliphatic rings. The topological polar surface area (TPSA) is 49.8 Å². The number of hydrogen-bond donors (Lipinski definition) is 2. The molecule has 2 aromatic rings. The summed E-state index contributed by atoms with van der Waals surface area (Å²) in [4.78, 5) is 8.99. The lowest BCUT2D eigenvalue weighted by Gasteiger charge is -2.11. The fourth-order valence-electron chi connectivity index (χ4n) is 1.74. The van der Waals surface area contributed by atoms with E-state index in [4.69, 9.17) is 0 Å². The smallest absolute Gasteiger partial charge is 0.135 e. The third kappa shape index (κ3) is 3.93. The van der Waals surface area contributed by atoms with Crippen LogP contribution in [0.25, 0.3) is 0 Å². The van der Waals surface area contributed by atoms with Crippen LogP contribution in [0, 0.1) is 0 Å². The Bertz CT molecular complexity index is 567. The summed E-state index contributed by atoms with van der Waals surface area (Å²) in [7, 11) is 1.87. The van der Waals surface area contributed by atoms with Gasteiger partial charge in [-0.2, -0.15) is 0 Å². The highest BCUT2D eigenvalue weighted by Gasteiger charge is 2.07. The number of rotatable bonds is 5. The third-order valence-corrected chi connectivity index (χ3v) is 3.43. The van der Waals surface area contributed by atoms with Crippen molar-refractivity contribution in [2.75, 3.05) is 17.7 Å². The molecule has 1 heterocycles. The number of aromatic nitrogens is 2. The molecule has 1 aromatic carbocycles. The Morgan fingerprint density at radius 1 is 1.10 bits per heavy atom. The summed E-state index contributed by atoms with van der Waals surface area (Å²) >= 11 is 3.44.